The first-order valence-corrected chi connectivity index (χ1v) is 8.57. The summed E-state index contributed by atoms with van der Waals surface area (Å²) in [5, 5.41) is 9.88. The van der Waals surface area contributed by atoms with Crippen LogP contribution in [0, 0.1) is 13.8 Å². The van der Waals surface area contributed by atoms with Gasteiger partial charge in [-0.05, 0) is 57.6 Å². The second-order valence-electron chi connectivity index (χ2n) is 6.20. The lowest BCUT2D eigenvalue weighted by Gasteiger charge is -2.26. The number of hydrogen-bond acceptors (Lipinski definition) is 4. The van der Waals surface area contributed by atoms with Crippen LogP contribution in [0.3, 0.4) is 0 Å². The van der Waals surface area contributed by atoms with E-state index < -0.39 is 16.1 Å². The fraction of sp³-hybridized carbons (Fsp3) is 0.600. The average molecular weight is 312 g/mol. The van der Waals surface area contributed by atoms with Gasteiger partial charge in [-0.2, -0.15) is 4.31 Å². The van der Waals surface area contributed by atoms with Gasteiger partial charge in [-0.15, -0.1) is 0 Å². The van der Waals surface area contributed by atoms with Crippen LogP contribution in [0.25, 0.3) is 0 Å². The molecule has 0 spiro atoms. The van der Waals surface area contributed by atoms with E-state index in [2.05, 4.69) is 0 Å². The Morgan fingerprint density at radius 3 is 2.33 bits per heavy atom. The van der Waals surface area contributed by atoms with E-state index in [1.165, 1.54) is 4.31 Å². The van der Waals surface area contributed by atoms with Crippen molar-refractivity contribution in [3.05, 3.63) is 29.3 Å². The molecule has 2 atom stereocenters. The Bertz CT molecular complexity index is 593. The molecule has 21 heavy (non-hydrogen) atoms. The molecule has 0 saturated carbocycles. The summed E-state index contributed by atoms with van der Waals surface area (Å²) in [5.41, 5.74) is 1.86. The number of sulfonamides is 1. The molecule has 1 fully saturated rings. The highest BCUT2D eigenvalue weighted by atomic mass is 32.2. The molecule has 5 nitrogen and oxygen atoms in total. The van der Waals surface area contributed by atoms with Crippen LogP contribution in [0.15, 0.2) is 23.1 Å². The number of aryl methyl sites for hydroxylation is 2. The molecule has 0 amide bonds. The highest BCUT2D eigenvalue weighted by Crippen LogP contribution is 2.27. The fourth-order valence-electron chi connectivity index (χ4n) is 2.96. The first kappa shape index (κ1) is 16.4. The zero-order chi connectivity index (χ0) is 15.8. The van der Waals surface area contributed by atoms with Gasteiger partial charge in [0, 0.05) is 19.1 Å². The summed E-state index contributed by atoms with van der Waals surface area (Å²) < 4.78 is 27.2. The summed E-state index contributed by atoms with van der Waals surface area (Å²) in [6, 6.07) is 5.16. The number of β-amino-alcohol motifs (C(OH)–C–C–N with tert-alkyl or cyclic N) is 1. The van der Waals surface area contributed by atoms with Gasteiger partial charge in [-0.25, -0.2) is 8.42 Å². The van der Waals surface area contributed by atoms with Crippen LogP contribution in [0.5, 0.6) is 0 Å². The molecule has 0 radical (unpaired) electrons. The third-order valence-electron chi connectivity index (χ3n) is 3.72. The Hall–Kier alpha value is -0.950. The van der Waals surface area contributed by atoms with E-state index in [4.69, 9.17) is 0 Å². The van der Waals surface area contributed by atoms with Crippen molar-refractivity contribution in [1.29, 1.82) is 0 Å². The largest absolute Gasteiger partial charge is 0.392 e. The Kier molecular flexibility index (Phi) is 4.72. The van der Waals surface area contributed by atoms with Crippen LogP contribution in [0.1, 0.15) is 17.5 Å². The maximum atomic E-state index is 12.9. The molecule has 118 valence electrons. The van der Waals surface area contributed by atoms with Crippen molar-refractivity contribution in [3.8, 4) is 0 Å². The minimum Gasteiger partial charge on any atom is -0.392 e. The summed E-state index contributed by atoms with van der Waals surface area (Å²) in [6.45, 7) is 4.57. The second kappa shape index (κ2) is 6.04. The van der Waals surface area contributed by atoms with Crippen molar-refractivity contribution in [2.24, 2.45) is 0 Å². The van der Waals surface area contributed by atoms with Crippen LogP contribution in [0.4, 0.5) is 0 Å². The summed E-state index contributed by atoms with van der Waals surface area (Å²) >= 11 is 0. The van der Waals surface area contributed by atoms with Gasteiger partial charge in [0.05, 0.1) is 11.0 Å². The van der Waals surface area contributed by atoms with Crippen molar-refractivity contribution < 1.29 is 13.5 Å². The maximum Gasteiger partial charge on any atom is 0.243 e. The van der Waals surface area contributed by atoms with E-state index in [-0.39, 0.29) is 12.6 Å². The van der Waals surface area contributed by atoms with Gasteiger partial charge in [-0.1, -0.05) is 6.07 Å². The molecule has 1 aliphatic rings. The van der Waals surface area contributed by atoms with E-state index in [1.54, 1.807) is 12.1 Å². The lowest BCUT2D eigenvalue weighted by molar-refractivity contribution is 0.188. The number of aliphatic hydroxyl groups is 1. The molecule has 1 aliphatic heterocycles. The third-order valence-corrected chi connectivity index (χ3v) is 5.62. The first-order valence-electron chi connectivity index (χ1n) is 7.13. The second-order valence-corrected chi connectivity index (χ2v) is 8.09. The summed E-state index contributed by atoms with van der Waals surface area (Å²) in [4.78, 5) is 2.27. The first-order chi connectivity index (χ1) is 9.70. The van der Waals surface area contributed by atoms with Gasteiger partial charge < -0.3 is 10.0 Å². The number of likely N-dealkylation sites (N-methyl/N-ethyl adjacent to an activating group) is 1. The molecule has 6 heteroatoms. The van der Waals surface area contributed by atoms with Crippen LogP contribution in [-0.2, 0) is 10.0 Å². The Morgan fingerprint density at radius 2 is 1.81 bits per heavy atom. The Morgan fingerprint density at radius 1 is 1.24 bits per heavy atom. The molecular formula is C15H24N2O3S. The highest BCUT2D eigenvalue weighted by Gasteiger charge is 2.39. The number of hydrogen-bond donors (Lipinski definition) is 1. The van der Waals surface area contributed by atoms with Gasteiger partial charge in [0.2, 0.25) is 10.0 Å². The number of nitrogens with zero attached hydrogens (tertiary/aromatic N) is 2. The summed E-state index contributed by atoms with van der Waals surface area (Å²) in [6.07, 6.45) is -0.0991. The molecule has 2 rings (SSSR count). The predicted molar refractivity (Wildman–Crippen MR) is 82.8 cm³/mol. The van der Waals surface area contributed by atoms with Crippen molar-refractivity contribution in [2.75, 3.05) is 27.2 Å². The molecular weight excluding hydrogens is 288 g/mol. The lowest BCUT2D eigenvalue weighted by Crippen LogP contribution is -2.41. The van der Waals surface area contributed by atoms with Gasteiger partial charge in [-0.3, -0.25) is 0 Å². The Balaban J connectivity index is 2.37. The van der Waals surface area contributed by atoms with Gasteiger partial charge in [0.15, 0.2) is 0 Å². The van der Waals surface area contributed by atoms with Crippen LogP contribution >= 0.6 is 0 Å². The van der Waals surface area contributed by atoms with Crippen LogP contribution in [-0.4, -0.2) is 62.1 Å². The van der Waals surface area contributed by atoms with Crippen LogP contribution in [0.2, 0.25) is 0 Å². The highest BCUT2D eigenvalue weighted by molar-refractivity contribution is 7.89. The molecule has 0 bridgehead atoms. The van der Waals surface area contributed by atoms with Gasteiger partial charge in [0.25, 0.3) is 0 Å². The summed E-state index contributed by atoms with van der Waals surface area (Å²) in [7, 11) is 0.253. The molecule has 1 aromatic rings. The molecule has 1 aromatic carbocycles. The lowest BCUT2D eigenvalue weighted by atomic mass is 10.2. The minimum atomic E-state index is -3.56. The van der Waals surface area contributed by atoms with E-state index in [0.29, 0.717) is 17.9 Å². The zero-order valence-electron chi connectivity index (χ0n) is 13.1. The number of aliphatic hydroxyl groups excluding tert-OH is 1. The summed E-state index contributed by atoms with van der Waals surface area (Å²) in [5.74, 6) is 0. The molecule has 0 aliphatic carbocycles. The van der Waals surface area contributed by atoms with Gasteiger partial charge >= 0.3 is 0 Å². The quantitative estimate of drug-likeness (QED) is 0.901. The molecule has 0 aromatic heterocycles. The predicted octanol–water partition coefficient (Wildman–Crippen LogP) is 0.989. The standard InChI is InChI=1S/C15H24N2O3S/c1-11-5-12(2)7-15(6-11)21(19,20)17-10-14(18)8-13(17)9-16(3)4/h5-7,13-14,18H,8-10H2,1-4H3. The maximum absolute atomic E-state index is 12.9. The van der Waals surface area contributed by atoms with Crippen molar-refractivity contribution in [3.63, 3.8) is 0 Å². The third kappa shape index (κ3) is 3.63. The molecule has 1 heterocycles. The van der Waals surface area contributed by atoms with Crippen LogP contribution < -0.4 is 0 Å². The van der Waals surface area contributed by atoms with Crippen molar-refractivity contribution >= 4 is 10.0 Å². The minimum absolute atomic E-state index is 0.174. The van der Waals surface area contributed by atoms with E-state index in [0.717, 1.165) is 11.1 Å². The normalized spacial score (nSPS) is 23.9. The van der Waals surface area contributed by atoms with E-state index in [9.17, 15) is 13.5 Å². The molecule has 1 N–H and O–H groups in total. The SMILES string of the molecule is Cc1cc(C)cc(S(=O)(=O)N2CC(O)CC2CN(C)C)c1. The topological polar surface area (TPSA) is 60.9 Å². The number of rotatable bonds is 4. The Labute approximate surface area is 127 Å². The average Bonchev–Trinajstić information content (AvgIpc) is 2.68. The molecule has 2 unspecified atom stereocenters. The number of benzene rings is 1. The smallest absolute Gasteiger partial charge is 0.243 e. The van der Waals surface area contributed by atoms with E-state index in [1.807, 2.05) is 38.9 Å². The monoisotopic (exact) mass is 312 g/mol. The van der Waals surface area contributed by atoms with Crippen molar-refractivity contribution in [2.45, 2.75) is 37.3 Å². The fourth-order valence-corrected chi connectivity index (χ4v) is 4.82. The molecule has 1 saturated heterocycles. The van der Waals surface area contributed by atoms with Crippen molar-refractivity contribution in [1.82, 2.24) is 9.21 Å². The van der Waals surface area contributed by atoms with Gasteiger partial charge in [0.1, 0.15) is 0 Å². The van der Waals surface area contributed by atoms with E-state index >= 15 is 0 Å². The zero-order valence-corrected chi connectivity index (χ0v) is 13.9.